The Kier molecular flexibility index (Phi) is 7.76. The van der Waals surface area contributed by atoms with Gasteiger partial charge in [-0.05, 0) is 40.5 Å². The molecular weight excluding hydrogens is 446 g/mol. The van der Waals surface area contributed by atoms with Crippen molar-refractivity contribution in [2.75, 3.05) is 13.7 Å². The number of nitro benzene ring substituents is 1. The van der Waals surface area contributed by atoms with Gasteiger partial charge in [0, 0.05) is 29.3 Å². The first-order valence-corrected chi connectivity index (χ1v) is 8.93. The highest BCUT2D eigenvalue weighted by Gasteiger charge is 2.18. The first-order chi connectivity index (χ1) is 13.9. The second-order valence-corrected chi connectivity index (χ2v) is 6.44. The average Bonchev–Trinajstić information content (AvgIpc) is 2.70. The highest BCUT2D eigenvalue weighted by Crippen LogP contribution is 2.29. The lowest BCUT2D eigenvalue weighted by Crippen LogP contribution is -2.25. The fraction of sp³-hybridized carbons (Fsp3) is 0.222. The van der Waals surface area contributed by atoms with E-state index in [1.165, 1.54) is 37.6 Å². The predicted molar refractivity (Wildman–Crippen MR) is 106 cm³/mol. The summed E-state index contributed by atoms with van der Waals surface area (Å²) in [4.78, 5) is 26.2. The van der Waals surface area contributed by atoms with E-state index in [0.29, 0.717) is 21.3 Å². The van der Waals surface area contributed by atoms with Crippen molar-refractivity contribution in [3.05, 3.63) is 61.2 Å². The number of nitriles is 1. The lowest BCUT2D eigenvalue weighted by atomic mass is 10.1. The van der Waals surface area contributed by atoms with Crippen LogP contribution in [0.15, 0.2) is 33.8 Å². The summed E-state index contributed by atoms with van der Waals surface area (Å²) in [6.45, 7) is 1.49. The zero-order valence-corrected chi connectivity index (χ0v) is 17.1. The normalized spacial score (nSPS) is 10.6. The van der Waals surface area contributed by atoms with E-state index in [9.17, 15) is 20.2 Å². The summed E-state index contributed by atoms with van der Waals surface area (Å²) in [5, 5.41) is 23.8. The number of hydrogen-bond donors (Lipinski definition) is 1. The Hall–Kier alpha value is -3.36. The van der Waals surface area contributed by atoms with Gasteiger partial charge in [0.05, 0.1) is 23.4 Å². The van der Waals surface area contributed by atoms with Crippen molar-refractivity contribution in [3.8, 4) is 11.9 Å². The van der Waals surface area contributed by atoms with Gasteiger partial charge in [0.1, 0.15) is 11.6 Å². The Morgan fingerprint density at radius 3 is 2.72 bits per heavy atom. The van der Waals surface area contributed by atoms with Crippen LogP contribution in [0.4, 0.5) is 5.69 Å². The summed E-state index contributed by atoms with van der Waals surface area (Å²) in [5.74, 6) is -0.544. The van der Waals surface area contributed by atoms with Crippen molar-refractivity contribution in [1.82, 2.24) is 10.4 Å². The molecule has 1 N–H and O–H groups in total. The Bertz CT molecular complexity index is 986. The monoisotopic (exact) mass is 461 g/mol. The van der Waals surface area contributed by atoms with Crippen LogP contribution >= 0.6 is 15.9 Å². The molecule has 1 heterocycles. The van der Waals surface area contributed by atoms with Crippen LogP contribution in [0.1, 0.15) is 22.4 Å². The van der Waals surface area contributed by atoms with Gasteiger partial charge >= 0.3 is 0 Å². The van der Waals surface area contributed by atoms with Gasteiger partial charge in [0.15, 0.2) is 6.61 Å². The number of benzene rings is 1. The van der Waals surface area contributed by atoms with Crippen LogP contribution in [0, 0.1) is 28.4 Å². The third kappa shape index (κ3) is 5.81. The van der Waals surface area contributed by atoms with Gasteiger partial charge in [0.2, 0.25) is 5.88 Å². The first kappa shape index (κ1) is 21.9. The van der Waals surface area contributed by atoms with E-state index >= 15 is 0 Å². The number of methoxy groups -OCH3 is 1. The largest absolute Gasteiger partial charge is 0.467 e. The summed E-state index contributed by atoms with van der Waals surface area (Å²) in [6, 6.07) is 7.66. The third-order valence-corrected chi connectivity index (χ3v) is 4.67. The molecule has 10 nitrogen and oxygen atoms in total. The molecule has 0 saturated carbocycles. The molecule has 0 radical (unpaired) electrons. The molecule has 29 heavy (non-hydrogen) atoms. The number of nitrogens with one attached hydrogen (secondary N) is 1. The Balaban J connectivity index is 2.00. The van der Waals surface area contributed by atoms with Crippen molar-refractivity contribution in [2.45, 2.75) is 13.5 Å². The summed E-state index contributed by atoms with van der Waals surface area (Å²) >= 11 is 3.37. The quantitative estimate of drug-likeness (QED) is 0.361. The molecule has 0 spiro atoms. The SMILES string of the molecule is COCc1c(Br)c(C)nc(OCC(=O)N/N=C/c2ccc([N+](=O)[O-])cc2)c1C#N. The molecule has 1 amide bonds. The van der Waals surface area contributed by atoms with Gasteiger partial charge < -0.3 is 9.47 Å². The Labute approximate surface area is 174 Å². The number of pyridine rings is 1. The molecule has 1 aromatic heterocycles. The van der Waals surface area contributed by atoms with Crippen molar-refractivity contribution < 1.29 is 19.2 Å². The molecule has 0 aliphatic heterocycles. The number of non-ortho nitro benzene ring substituents is 1. The zero-order chi connectivity index (χ0) is 21.4. The topological polar surface area (TPSA) is 140 Å². The number of hydrogen-bond acceptors (Lipinski definition) is 8. The summed E-state index contributed by atoms with van der Waals surface area (Å²) in [6.07, 6.45) is 1.33. The third-order valence-electron chi connectivity index (χ3n) is 3.61. The molecule has 0 saturated heterocycles. The van der Waals surface area contributed by atoms with Crippen molar-refractivity contribution in [1.29, 1.82) is 5.26 Å². The van der Waals surface area contributed by atoms with Gasteiger partial charge in [-0.15, -0.1) is 0 Å². The van der Waals surface area contributed by atoms with Crippen LogP contribution in [-0.4, -0.2) is 35.7 Å². The number of carbonyl (C=O) groups excluding carboxylic acids is 1. The molecular formula is C18H16BrN5O5. The number of nitro groups is 1. The standard InChI is InChI=1S/C18H16BrN5O5/c1-11-17(19)15(9-28-2)14(7-20)18(22-11)29-10-16(25)23-21-8-12-3-5-13(6-4-12)24(26)27/h3-6,8H,9-10H2,1-2H3,(H,23,25)/b21-8+. The smallest absolute Gasteiger partial charge is 0.278 e. The molecule has 0 unspecified atom stereocenters. The lowest BCUT2D eigenvalue weighted by Gasteiger charge is -2.13. The molecule has 11 heteroatoms. The van der Waals surface area contributed by atoms with Crippen LogP contribution in [0.3, 0.4) is 0 Å². The van der Waals surface area contributed by atoms with E-state index in [2.05, 4.69) is 31.4 Å². The van der Waals surface area contributed by atoms with Crippen molar-refractivity contribution in [3.63, 3.8) is 0 Å². The minimum absolute atomic E-state index is 0.0229. The zero-order valence-electron chi connectivity index (χ0n) is 15.5. The van der Waals surface area contributed by atoms with E-state index in [0.717, 1.165) is 0 Å². The second kappa shape index (κ2) is 10.3. The predicted octanol–water partition coefficient (Wildman–Crippen LogP) is 2.61. The summed E-state index contributed by atoms with van der Waals surface area (Å²) in [7, 11) is 1.50. The molecule has 150 valence electrons. The van der Waals surface area contributed by atoms with E-state index in [4.69, 9.17) is 9.47 Å². The second-order valence-electron chi connectivity index (χ2n) is 5.65. The molecule has 2 aromatic rings. The van der Waals surface area contributed by atoms with Gasteiger partial charge in [-0.25, -0.2) is 10.4 Å². The summed E-state index contributed by atoms with van der Waals surface area (Å²) in [5.41, 5.74) is 4.13. The average molecular weight is 462 g/mol. The maximum Gasteiger partial charge on any atom is 0.278 e. The molecule has 0 atom stereocenters. The number of carbonyl (C=O) groups is 1. The minimum atomic E-state index is -0.567. The molecule has 1 aromatic carbocycles. The number of ether oxygens (including phenoxy) is 2. The van der Waals surface area contributed by atoms with E-state index in [-0.39, 0.29) is 23.7 Å². The molecule has 0 bridgehead atoms. The van der Waals surface area contributed by atoms with Gasteiger partial charge in [-0.2, -0.15) is 10.4 Å². The Morgan fingerprint density at radius 2 is 2.14 bits per heavy atom. The lowest BCUT2D eigenvalue weighted by molar-refractivity contribution is -0.384. The number of halogens is 1. The highest BCUT2D eigenvalue weighted by atomic mass is 79.9. The first-order valence-electron chi connectivity index (χ1n) is 8.14. The van der Waals surface area contributed by atoms with Gasteiger partial charge in [-0.3, -0.25) is 14.9 Å². The number of hydrazone groups is 1. The summed E-state index contributed by atoms with van der Waals surface area (Å²) < 4.78 is 11.1. The van der Waals surface area contributed by atoms with E-state index in [1.807, 2.05) is 6.07 Å². The van der Waals surface area contributed by atoms with E-state index < -0.39 is 17.4 Å². The molecule has 2 rings (SSSR count). The number of aromatic nitrogens is 1. The fourth-order valence-corrected chi connectivity index (χ4v) is 2.64. The van der Waals surface area contributed by atoms with Gasteiger partial charge in [-0.1, -0.05) is 0 Å². The number of aryl methyl sites for hydroxylation is 1. The van der Waals surface area contributed by atoms with E-state index in [1.54, 1.807) is 6.92 Å². The minimum Gasteiger partial charge on any atom is -0.467 e. The fourth-order valence-electron chi connectivity index (χ4n) is 2.24. The van der Waals surface area contributed by atoms with Gasteiger partial charge in [0.25, 0.3) is 11.6 Å². The maximum absolute atomic E-state index is 11.9. The van der Waals surface area contributed by atoms with Crippen LogP contribution < -0.4 is 10.2 Å². The highest BCUT2D eigenvalue weighted by molar-refractivity contribution is 9.10. The molecule has 0 fully saturated rings. The van der Waals surface area contributed by atoms with Crippen LogP contribution in [0.25, 0.3) is 0 Å². The van der Waals surface area contributed by atoms with Crippen LogP contribution in [0.5, 0.6) is 5.88 Å². The Morgan fingerprint density at radius 1 is 1.45 bits per heavy atom. The van der Waals surface area contributed by atoms with Crippen molar-refractivity contribution >= 4 is 33.7 Å². The maximum atomic E-state index is 11.9. The number of amides is 1. The van der Waals surface area contributed by atoms with Crippen molar-refractivity contribution in [2.24, 2.45) is 5.10 Å². The van der Waals surface area contributed by atoms with Crippen LogP contribution in [-0.2, 0) is 16.1 Å². The number of nitrogens with zero attached hydrogens (tertiary/aromatic N) is 4. The molecule has 0 aliphatic rings. The number of rotatable bonds is 8. The molecule has 0 aliphatic carbocycles. The van der Waals surface area contributed by atoms with Crippen LogP contribution in [0.2, 0.25) is 0 Å².